The topological polar surface area (TPSA) is 49.0 Å². The highest BCUT2D eigenvalue weighted by atomic mass is 19.2. The van der Waals surface area contributed by atoms with Crippen LogP contribution in [0.4, 0.5) is 8.78 Å². The second-order valence-corrected chi connectivity index (χ2v) is 9.48. The fourth-order valence-corrected chi connectivity index (χ4v) is 4.74. The Kier molecular flexibility index (Phi) is 5.28. The molecule has 4 rings (SSSR count). The van der Waals surface area contributed by atoms with E-state index in [0.717, 1.165) is 37.8 Å². The second kappa shape index (κ2) is 7.64. The minimum absolute atomic E-state index is 0.0333. The van der Waals surface area contributed by atoms with Gasteiger partial charge in [0.2, 0.25) is 5.91 Å². The number of amides is 1. The van der Waals surface area contributed by atoms with Gasteiger partial charge in [0.25, 0.3) is 0 Å². The number of hydrogen-bond donors (Lipinski definition) is 1. The zero-order valence-corrected chi connectivity index (χ0v) is 18.0. The summed E-state index contributed by atoms with van der Waals surface area (Å²) in [5.74, 6) is 0.0165. The first-order valence-corrected chi connectivity index (χ1v) is 10.6. The smallest absolute Gasteiger partial charge is 0.226 e. The van der Waals surface area contributed by atoms with Gasteiger partial charge in [0.15, 0.2) is 11.6 Å². The van der Waals surface area contributed by atoms with Crippen LogP contribution < -0.4 is 0 Å². The van der Waals surface area contributed by atoms with Crippen molar-refractivity contribution in [3.8, 4) is 11.3 Å². The van der Waals surface area contributed by atoms with Crippen LogP contribution >= 0.6 is 0 Å². The van der Waals surface area contributed by atoms with E-state index in [2.05, 4.69) is 43.7 Å². The van der Waals surface area contributed by atoms with Crippen LogP contribution in [0.2, 0.25) is 0 Å². The maximum absolute atomic E-state index is 13.5. The lowest BCUT2D eigenvalue weighted by Crippen LogP contribution is -2.39. The summed E-state index contributed by atoms with van der Waals surface area (Å²) >= 11 is 0. The standard InChI is InChI=1S/C24H29F2N3O/c1-14(2)11-17-21(24(17,3)4)23(30)29-9-7-15(8-10-29)22-27-13-20(28-22)16-5-6-18(25)19(26)12-16/h5-6,11-13,15,17,21H,7-10H2,1-4H3,(H,27,28)/t17-,21-/m0/s1. The lowest BCUT2D eigenvalue weighted by molar-refractivity contribution is -0.134. The van der Waals surface area contributed by atoms with Crippen LogP contribution in [0.25, 0.3) is 11.3 Å². The van der Waals surface area contributed by atoms with E-state index in [4.69, 9.17) is 0 Å². The lowest BCUT2D eigenvalue weighted by Gasteiger charge is -2.31. The van der Waals surface area contributed by atoms with Gasteiger partial charge in [-0.1, -0.05) is 25.5 Å². The first kappa shape index (κ1) is 20.8. The Morgan fingerprint density at radius 3 is 2.53 bits per heavy atom. The first-order chi connectivity index (χ1) is 14.2. The number of carbonyl (C=O) groups is 1. The van der Waals surface area contributed by atoms with Gasteiger partial charge < -0.3 is 9.88 Å². The van der Waals surface area contributed by atoms with Crippen molar-refractivity contribution in [1.29, 1.82) is 0 Å². The molecule has 0 radical (unpaired) electrons. The summed E-state index contributed by atoms with van der Waals surface area (Å²) in [6.07, 6.45) is 5.59. The summed E-state index contributed by atoms with van der Waals surface area (Å²) in [6.45, 7) is 9.96. The number of nitrogens with one attached hydrogen (secondary N) is 1. The lowest BCUT2D eigenvalue weighted by atomic mass is 9.95. The van der Waals surface area contributed by atoms with E-state index in [1.165, 1.54) is 17.7 Å². The summed E-state index contributed by atoms with van der Waals surface area (Å²) in [5, 5.41) is 0. The third-order valence-electron chi connectivity index (χ3n) is 6.71. The maximum atomic E-state index is 13.5. The molecule has 1 N–H and O–H groups in total. The number of halogens is 2. The Morgan fingerprint density at radius 1 is 1.20 bits per heavy atom. The fourth-order valence-electron chi connectivity index (χ4n) is 4.74. The van der Waals surface area contributed by atoms with Gasteiger partial charge in [-0.25, -0.2) is 13.8 Å². The Morgan fingerprint density at radius 2 is 1.90 bits per heavy atom. The van der Waals surface area contributed by atoms with Crippen LogP contribution in [-0.4, -0.2) is 33.9 Å². The quantitative estimate of drug-likeness (QED) is 0.692. The SMILES string of the molecule is CC(C)=C[C@H]1[C@@H](C(=O)N2CCC(c3ncc(-c4ccc(F)c(F)c4)[nH]3)CC2)C1(C)C. The predicted octanol–water partition coefficient (Wildman–Crippen LogP) is 5.30. The minimum atomic E-state index is -0.870. The van der Waals surface area contributed by atoms with E-state index >= 15 is 0 Å². The summed E-state index contributed by atoms with van der Waals surface area (Å²) < 4.78 is 26.7. The van der Waals surface area contributed by atoms with Crippen molar-refractivity contribution >= 4 is 5.91 Å². The van der Waals surface area contributed by atoms with Gasteiger partial charge in [-0.15, -0.1) is 0 Å². The number of rotatable bonds is 4. The molecule has 0 spiro atoms. The van der Waals surface area contributed by atoms with Gasteiger partial charge >= 0.3 is 0 Å². The van der Waals surface area contributed by atoms with E-state index in [-0.39, 0.29) is 23.2 Å². The number of H-pyrrole nitrogens is 1. The Balaban J connectivity index is 1.38. The van der Waals surface area contributed by atoms with Crippen molar-refractivity contribution < 1.29 is 13.6 Å². The molecule has 2 fully saturated rings. The molecule has 2 heterocycles. The molecular formula is C24H29F2N3O. The number of nitrogens with zero attached hydrogens (tertiary/aromatic N) is 2. The van der Waals surface area contributed by atoms with Gasteiger partial charge in [-0.2, -0.15) is 0 Å². The van der Waals surface area contributed by atoms with Crippen LogP contribution in [0, 0.1) is 28.9 Å². The second-order valence-electron chi connectivity index (χ2n) is 9.48. The van der Waals surface area contributed by atoms with Crippen LogP contribution in [0.5, 0.6) is 0 Å². The number of benzene rings is 1. The average molecular weight is 414 g/mol. The molecule has 30 heavy (non-hydrogen) atoms. The van der Waals surface area contributed by atoms with Crippen molar-refractivity contribution in [1.82, 2.24) is 14.9 Å². The molecule has 1 aliphatic heterocycles. The molecule has 2 aromatic rings. The largest absolute Gasteiger partial charge is 0.342 e. The number of allylic oxidation sites excluding steroid dienone is 2. The summed E-state index contributed by atoms with van der Waals surface area (Å²) in [6, 6.07) is 3.84. The van der Waals surface area contributed by atoms with E-state index < -0.39 is 11.6 Å². The van der Waals surface area contributed by atoms with E-state index in [0.29, 0.717) is 17.2 Å². The van der Waals surface area contributed by atoms with E-state index in [9.17, 15) is 13.6 Å². The zero-order chi connectivity index (χ0) is 21.6. The summed E-state index contributed by atoms with van der Waals surface area (Å²) in [5.41, 5.74) is 2.54. The minimum Gasteiger partial charge on any atom is -0.342 e. The Hall–Kier alpha value is -2.50. The van der Waals surface area contributed by atoms with Crippen molar-refractivity contribution in [2.24, 2.45) is 17.3 Å². The van der Waals surface area contributed by atoms with Crippen molar-refractivity contribution in [2.75, 3.05) is 13.1 Å². The molecule has 1 aromatic heterocycles. The molecule has 0 bridgehead atoms. The highest BCUT2D eigenvalue weighted by Crippen LogP contribution is 2.60. The van der Waals surface area contributed by atoms with Crippen LogP contribution in [-0.2, 0) is 4.79 Å². The van der Waals surface area contributed by atoms with E-state index in [1.807, 2.05) is 4.90 Å². The third kappa shape index (κ3) is 3.80. The molecule has 1 aromatic carbocycles. The van der Waals surface area contributed by atoms with Gasteiger partial charge in [0.1, 0.15) is 5.82 Å². The normalized spacial score (nSPS) is 23.3. The first-order valence-electron chi connectivity index (χ1n) is 10.6. The van der Waals surface area contributed by atoms with E-state index in [1.54, 1.807) is 6.20 Å². The van der Waals surface area contributed by atoms with Gasteiger partial charge in [0.05, 0.1) is 17.8 Å². The number of aromatic amines is 1. The highest BCUT2D eigenvalue weighted by molar-refractivity contribution is 5.84. The van der Waals surface area contributed by atoms with Crippen molar-refractivity contribution in [3.05, 3.63) is 53.5 Å². The van der Waals surface area contributed by atoms with Crippen LogP contribution in [0.1, 0.15) is 52.3 Å². The monoisotopic (exact) mass is 413 g/mol. The third-order valence-corrected chi connectivity index (χ3v) is 6.71. The number of imidazole rings is 1. The Labute approximate surface area is 176 Å². The summed E-state index contributed by atoms with van der Waals surface area (Å²) in [4.78, 5) is 22.8. The molecule has 2 atom stereocenters. The number of hydrogen-bond acceptors (Lipinski definition) is 2. The molecule has 160 valence electrons. The molecule has 2 aliphatic rings. The molecule has 1 saturated heterocycles. The number of carbonyl (C=O) groups excluding carboxylic acids is 1. The number of likely N-dealkylation sites (tertiary alicyclic amines) is 1. The summed E-state index contributed by atoms with van der Waals surface area (Å²) in [7, 11) is 0. The number of aromatic nitrogens is 2. The zero-order valence-electron chi connectivity index (χ0n) is 18.0. The molecule has 6 heteroatoms. The van der Waals surface area contributed by atoms with Gasteiger partial charge in [-0.3, -0.25) is 4.79 Å². The number of piperidine rings is 1. The molecule has 0 unspecified atom stereocenters. The van der Waals surface area contributed by atoms with Crippen LogP contribution in [0.15, 0.2) is 36.0 Å². The molecular weight excluding hydrogens is 384 g/mol. The fraction of sp³-hybridized carbons (Fsp3) is 0.500. The average Bonchev–Trinajstić information content (AvgIpc) is 3.06. The molecule has 1 saturated carbocycles. The highest BCUT2D eigenvalue weighted by Gasteiger charge is 2.61. The van der Waals surface area contributed by atoms with Gasteiger partial charge in [0, 0.05) is 24.6 Å². The van der Waals surface area contributed by atoms with Gasteiger partial charge in [-0.05, 0) is 56.2 Å². The van der Waals surface area contributed by atoms with Crippen molar-refractivity contribution in [2.45, 2.75) is 46.5 Å². The molecule has 4 nitrogen and oxygen atoms in total. The molecule has 1 aliphatic carbocycles. The maximum Gasteiger partial charge on any atom is 0.226 e. The Bertz CT molecular complexity index is 982. The van der Waals surface area contributed by atoms with Crippen LogP contribution in [0.3, 0.4) is 0 Å². The predicted molar refractivity (Wildman–Crippen MR) is 113 cm³/mol. The van der Waals surface area contributed by atoms with Crippen molar-refractivity contribution in [3.63, 3.8) is 0 Å². The molecule has 1 amide bonds.